The van der Waals surface area contributed by atoms with Crippen LogP contribution in [0.15, 0.2) is 12.7 Å². The number of ether oxygens (including phenoxy) is 1. The van der Waals surface area contributed by atoms with Crippen LogP contribution in [-0.4, -0.2) is 59.3 Å². The van der Waals surface area contributed by atoms with Gasteiger partial charge in [-0.25, -0.2) is 15.0 Å². The zero-order valence-corrected chi connectivity index (χ0v) is 10.7. The zero-order valence-electron chi connectivity index (χ0n) is 10.7. The van der Waals surface area contributed by atoms with E-state index in [1.807, 2.05) is 0 Å². The van der Waals surface area contributed by atoms with Crippen molar-refractivity contribution in [2.75, 3.05) is 12.3 Å². The fraction of sp³-hybridized carbons (Fsp3) is 0.545. The predicted molar refractivity (Wildman–Crippen MR) is 67.4 cm³/mol. The number of hydrogen-bond donors (Lipinski definition) is 4. The molecule has 1 unspecified atom stereocenters. The van der Waals surface area contributed by atoms with Crippen molar-refractivity contribution < 1.29 is 20.1 Å². The SMILES string of the molecule is C[C@]1(O)C(O)[C@H](n2cnc3c(N)ncnc32)O[C@@H]1CO. The maximum atomic E-state index is 10.2. The highest BCUT2D eigenvalue weighted by Gasteiger charge is 2.52. The van der Waals surface area contributed by atoms with Gasteiger partial charge in [0.05, 0.1) is 12.9 Å². The summed E-state index contributed by atoms with van der Waals surface area (Å²) >= 11 is 0. The number of nitrogens with zero attached hydrogens (tertiary/aromatic N) is 4. The zero-order chi connectivity index (χ0) is 14.5. The third-order valence-corrected chi connectivity index (χ3v) is 3.65. The number of anilines is 1. The molecule has 3 rings (SSSR count). The molecule has 5 N–H and O–H groups in total. The molecule has 20 heavy (non-hydrogen) atoms. The molecule has 0 radical (unpaired) electrons. The van der Waals surface area contributed by atoms with E-state index in [9.17, 15) is 15.3 Å². The first kappa shape index (κ1) is 13.2. The van der Waals surface area contributed by atoms with Gasteiger partial charge >= 0.3 is 0 Å². The lowest BCUT2D eigenvalue weighted by Gasteiger charge is -2.25. The molecular weight excluding hydrogens is 266 g/mol. The summed E-state index contributed by atoms with van der Waals surface area (Å²) in [6.45, 7) is 0.991. The molecule has 2 aromatic rings. The van der Waals surface area contributed by atoms with Crippen molar-refractivity contribution in [3.8, 4) is 0 Å². The molecule has 1 aliphatic heterocycles. The molecule has 1 saturated heterocycles. The van der Waals surface area contributed by atoms with Crippen LogP contribution in [-0.2, 0) is 4.74 Å². The van der Waals surface area contributed by atoms with Crippen molar-refractivity contribution >= 4 is 17.0 Å². The van der Waals surface area contributed by atoms with E-state index in [2.05, 4.69) is 15.0 Å². The van der Waals surface area contributed by atoms with E-state index < -0.39 is 30.6 Å². The number of nitrogens with two attached hydrogens (primary N) is 1. The first-order valence-electron chi connectivity index (χ1n) is 6.06. The minimum atomic E-state index is -1.57. The third kappa shape index (κ3) is 1.68. The Balaban J connectivity index is 2.06. The normalized spacial score (nSPS) is 33.9. The first-order chi connectivity index (χ1) is 9.46. The second kappa shape index (κ2) is 4.35. The summed E-state index contributed by atoms with van der Waals surface area (Å²) in [6.07, 6.45) is -0.382. The lowest BCUT2D eigenvalue weighted by atomic mass is 9.95. The fourth-order valence-corrected chi connectivity index (χ4v) is 2.36. The van der Waals surface area contributed by atoms with Crippen LogP contribution in [0.25, 0.3) is 11.2 Å². The van der Waals surface area contributed by atoms with Gasteiger partial charge in [-0.1, -0.05) is 0 Å². The van der Waals surface area contributed by atoms with Crippen molar-refractivity contribution in [2.45, 2.75) is 31.0 Å². The Morgan fingerprint density at radius 3 is 2.85 bits per heavy atom. The van der Waals surface area contributed by atoms with E-state index in [1.165, 1.54) is 24.1 Å². The first-order valence-corrected chi connectivity index (χ1v) is 6.06. The van der Waals surface area contributed by atoms with Crippen LogP contribution in [0.2, 0.25) is 0 Å². The quantitative estimate of drug-likeness (QED) is 0.516. The molecule has 1 aliphatic rings. The Kier molecular flexibility index (Phi) is 2.87. The molecule has 3 heterocycles. The van der Waals surface area contributed by atoms with Crippen LogP contribution in [0.5, 0.6) is 0 Å². The number of aromatic nitrogens is 4. The Hall–Kier alpha value is -1.81. The van der Waals surface area contributed by atoms with Gasteiger partial charge in [0.2, 0.25) is 0 Å². The monoisotopic (exact) mass is 281 g/mol. The van der Waals surface area contributed by atoms with Crippen LogP contribution in [0.3, 0.4) is 0 Å². The van der Waals surface area contributed by atoms with Crippen LogP contribution in [0.1, 0.15) is 13.2 Å². The Labute approximate surface area is 113 Å². The highest BCUT2D eigenvalue weighted by atomic mass is 16.6. The van der Waals surface area contributed by atoms with Crippen LogP contribution < -0.4 is 5.73 Å². The lowest BCUT2D eigenvalue weighted by molar-refractivity contribution is -0.0804. The highest BCUT2D eigenvalue weighted by Crippen LogP contribution is 2.37. The van der Waals surface area contributed by atoms with Gasteiger partial charge in [-0.2, -0.15) is 0 Å². The minimum absolute atomic E-state index is 0.215. The number of aliphatic hydroxyl groups excluding tert-OH is 2. The van der Waals surface area contributed by atoms with Crippen LogP contribution in [0.4, 0.5) is 5.82 Å². The number of aliphatic hydroxyl groups is 3. The van der Waals surface area contributed by atoms with E-state index in [0.717, 1.165) is 0 Å². The molecule has 0 spiro atoms. The average Bonchev–Trinajstić information content (AvgIpc) is 2.92. The largest absolute Gasteiger partial charge is 0.394 e. The van der Waals surface area contributed by atoms with E-state index in [0.29, 0.717) is 11.2 Å². The second-order valence-electron chi connectivity index (χ2n) is 4.95. The van der Waals surface area contributed by atoms with Gasteiger partial charge < -0.3 is 25.8 Å². The molecule has 0 amide bonds. The van der Waals surface area contributed by atoms with Crippen molar-refractivity contribution in [1.29, 1.82) is 0 Å². The van der Waals surface area contributed by atoms with Crippen LogP contribution in [0, 0.1) is 0 Å². The summed E-state index contributed by atoms with van der Waals surface area (Å²) in [5.74, 6) is 0.215. The van der Waals surface area contributed by atoms with Gasteiger partial charge in [-0.05, 0) is 6.92 Å². The Bertz CT molecular complexity index is 643. The van der Waals surface area contributed by atoms with Crippen molar-refractivity contribution in [3.05, 3.63) is 12.7 Å². The molecular formula is C11H15N5O4. The van der Waals surface area contributed by atoms with Crippen molar-refractivity contribution in [1.82, 2.24) is 19.5 Å². The molecule has 1 fully saturated rings. The standard InChI is InChI=1S/C11H15N5O4/c1-11(19)5(2-17)20-10(7(11)18)16-4-15-6-8(12)13-3-14-9(6)16/h3-5,7,10,17-19H,2H2,1H3,(H2,12,13,14)/t5-,7?,10-,11-/m1/s1. The summed E-state index contributed by atoms with van der Waals surface area (Å²) in [6, 6.07) is 0. The molecule has 0 aromatic carbocycles. The maximum absolute atomic E-state index is 10.2. The van der Waals surface area contributed by atoms with Gasteiger partial charge in [0.1, 0.15) is 29.7 Å². The molecule has 108 valence electrons. The molecule has 2 aromatic heterocycles. The van der Waals surface area contributed by atoms with Gasteiger partial charge in [0.15, 0.2) is 17.7 Å². The summed E-state index contributed by atoms with van der Waals surface area (Å²) < 4.78 is 6.96. The van der Waals surface area contributed by atoms with Gasteiger partial charge in [-0.15, -0.1) is 0 Å². The van der Waals surface area contributed by atoms with E-state index in [1.54, 1.807) is 0 Å². The molecule has 0 bridgehead atoms. The van der Waals surface area contributed by atoms with Crippen molar-refractivity contribution in [2.24, 2.45) is 0 Å². The van der Waals surface area contributed by atoms with E-state index >= 15 is 0 Å². The van der Waals surface area contributed by atoms with Crippen LogP contribution >= 0.6 is 0 Å². The number of imidazole rings is 1. The summed E-state index contributed by atoms with van der Waals surface area (Å²) in [4.78, 5) is 12.0. The number of hydrogen-bond acceptors (Lipinski definition) is 8. The molecule has 9 heteroatoms. The summed E-state index contributed by atoms with van der Waals surface area (Å²) in [7, 11) is 0. The number of fused-ring (bicyclic) bond motifs is 1. The fourth-order valence-electron chi connectivity index (χ4n) is 2.36. The molecule has 9 nitrogen and oxygen atoms in total. The van der Waals surface area contributed by atoms with Gasteiger partial charge in [-0.3, -0.25) is 4.57 Å². The predicted octanol–water partition coefficient (Wildman–Crippen LogP) is -1.59. The maximum Gasteiger partial charge on any atom is 0.167 e. The third-order valence-electron chi connectivity index (χ3n) is 3.65. The number of rotatable bonds is 2. The van der Waals surface area contributed by atoms with E-state index in [4.69, 9.17) is 10.5 Å². The van der Waals surface area contributed by atoms with Gasteiger partial charge in [0, 0.05) is 0 Å². The molecule has 4 atom stereocenters. The average molecular weight is 281 g/mol. The lowest BCUT2D eigenvalue weighted by Crippen LogP contribution is -2.46. The highest BCUT2D eigenvalue weighted by molar-refractivity contribution is 5.81. The van der Waals surface area contributed by atoms with Crippen molar-refractivity contribution in [3.63, 3.8) is 0 Å². The summed E-state index contributed by atoms with van der Waals surface area (Å²) in [5.41, 5.74) is 4.88. The number of nitrogen functional groups attached to an aromatic ring is 1. The Morgan fingerprint density at radius 2 is 2.20 bits per heavy atom. The summed E-state index contributed by atoms with van der Waals surface area (Å²) in [5, 5.41) is 29.6. The Morgan fingerprint density at radius 1 is 1.45 bits per heavy atom. The minimum Gasteiger partial charge on any atom is -0.394 e. The molecule has 0 saturated carbocycles. The topological polar surface area (TPSA) is 140 Å². The smallest absolute Gasteiger partial charge is 0.167 e. The van der Waals surface area contributed by atoms with Gasteiger partial charge in [0.25, 0.3) is 0 Å². The van der Waals surface area contributed by atoms with E-state index in [-0.39, 0.29) is 5.82 Å². The molecule has 0 aliphatic carbocycles. The second-order valence-corrected chi connectivity index (χ2v) is 4.95.